The van der Waals surface area contributed by atoms with Crippen LogP contribution in [0.1, 0.15) is 35.1 Å². The van der Waals surface area contributed by atoms with E-state index in [0.29, 0.717) is 12.0 Å². The number of imidazole rings is 1. The van der Waals surface area contributed by atoms with Crippen molar-refractivity contribution in [3.63, 3.8) is 0 Å². The first-order valence-corrected chi connectivity index (χ1v) is 8.07. The standard InChI is InChI=1S/C17H21N5O2/c1-2-3-15-14-6-11(4-5-16(14)22-21-15)17(24)20-13(9-23)7-12-8-18-10-19-12/h4-6,8,10,13,23H,2-3,7,9H2,1H3,(H,18,19)(H,20,24)(H,21,22)/t13-/m0/s1. The second-order valence-corrected chi connectivity index (χ2v) is 5.82. The van der Waals surface area contributed by atoms with Crippen molar-refractivity contribution in [2.24, 2.45) is 0 Å². The van der Waals surface area contributed by atoms with Crippen LogP contribution in [-0.4, -0.2) is 43.8 Å². The number of carbonyl (C=O) groups excluding carboxylic acids is 1. The number of aromatic nitrogens is 4. The van der Waals surface area contributed by atoms with E-state index in [1.807, 2.05) is 12.1 Å². The van der Waals surface area contributed by atoms with Gasteiger partial charge in [-0.2, -0.15) is 5.10 Å². The number of H-pyrrole nitrogens is 2. The minimum atomic E-state index is -0.367. The maximum Gasteiger partial charge on any atom is 0.251 e. The monoisotopic (exact) mass is 327 g/mol. The third-order valence-corrected chi connectivity index (χ3v) is 3.97. The Morgan fingerprint density at radius 3 is 3.00 bits per heavy atom. The molecule has 24 heavy (non-hydrogen) atoms. The quantitative estimate of drug-likeness (QED) is 0.528. The van der Waals surface area contributed by atoms with E-state index in [1.165, 1.54) is 0 Å². The Balaban J connectivity index is 1.76. The van der Waals surface area contributed by atoms with Crippen LogP contribution < -0.4 is 5.32 Å². The summed E-state index contributed by atoms with van der Waals surface area (Å²) >= 11 is 0. The summed E-state index contributed by atoms with van der Waals surface area (Å²) < 4.78 is 0. The van der Waals surface area contributed by atoms with Crippen molar-refractivity contribution in [2.75, 3.05) is 6.61 Å². The lowest BCUT2D eigenvalue weighted by Crippen LogP contribution is -2.39. The molecule has 0 radical (unpaired) electrons. The van der Waals surface area contributed by atoms with Crippen molar-refractivity contribution in [3.05, 3.63) is 47.7 Å². The molecule has 2 heterocycles. The summed E-state index contributed by atoms with van der Waals surface area (Å²) in [4.78, 5) is 19.4. The summed E-state index contributed by atoms with van der Waals surface area (Å²) in [6.45, 7) is 1.96. The average molecular weight is 327 g/mol. The first-order valence-electron chi connectivity index (χ1n) is 8.07. The summed E-state index contributed by atoms with van der Waals surface area (Å²) in [5.74, 6) is -0.209. The van der Waals surface area contributed by atoms with Crippen molar-refractivity contribution in [1.82, 2.24) is 25.5 Å². The topological polar surface area (TPSA) is 107 Å². The third kappa shape index (κ3) is 3.46. The zero-order chi connectivity index (χ0) is 16.9. The molecular formula is C17H21N5O2. The lowest BCUT2D eigenvalue weighted by atomic mass is 10.1. The van der Waals surface area contributed by atoms with Crippen LogP contribution >= 0.6 is 0 Å². The number of rotatable bonds is 7. The fraction of sp³-hybridized carbons (Fsp3) is 0.353. The maximum absolute atomic E-state index is 12.5. The first-order chi connectivity index (χ1) is 11.7. The molecule has 126 valence electrons. The lowest BCUT2D eigenvalue weighted by molar-refractivity contribution is 0.0916. The van der Waals surface area contributed by atoms with Gasteiger partial charge >= 0.3 is 0 Å². The summed E-state index contributed by atoms with van der Waals surface area (Å²) in [6.07, 6.45) is 5.65. The number of amides is 1. The molecule has 0 aliphatic heterocycles. The van der Waals surface area contributed by atoms with Gasteiger partial charge in [-0.25, -0.2) is 4.98 Å². The molecule has 0 fully saturated rings. The van der Waals surface area contributed by atoms with Gasteiger partial charge in [-0.15, -0.1) is 0 Å². The second-order valence-electron chi connectivity index (χ2n) is 5.82. The molecule has 0 saturated heterocycles. The molecule has 4 N–H and O–H groups in total. The smallest absolute Gasteiger partial charge is 0.251 e. The molecule has 7 nitrogen and oxygen atoms in total. The van der Waals surface area contributed by atoms with E-state index in [2.05, 4.69) is 32.4 Å². The highest BCUT2D eigenvalue weighted by atomic mass is 16.3. The second kappa shape index (κ2) is 7.27. The summed E-state index contributed by atoms with van der Waals surface area (Å²) in [5, 5.41) is 20.6. The van der Waals surface area contributed by atoms with Gasteiger partial charge in [0.1, 0.15) is 0 Å². The van der Waals surface area contributed by atoms with E-state index in [1.54, 1.807) is 18.6 Å². The molecular weight excluding hydrogens is 306 g/mol. The molecule has 3 aromatic rings. The fourth-order valence-corrected chi connectivity index (χ4v) is 2.74. The molecule has 3 rings (SSSR count). The number of aliphatic hydroxyl groups excluding tert-OH is 1. The van der Waals surface area contributed by atoms with Crippen LogP contribution in [0.15, 0.2) is 30.7 Å². The number of benzene rings is 1. The number of aliphatic hydroxyl groups is 1. The molecule has 1 amide bonds. The van der Waals surface area contributed by atoms with Gasteiger partial charge in [0, 0.05) is 35.0 Å². The van der Waals surface area contributed by atoms with Crippen molar-refractivity contribution < 1.29 is 9.90 Å². The number of carbonyl (C=O) groups is 1. The van der Waals surface area contributed by atoms with Gasteiger partial charge in [0.25, 0.3) is 5.91 Å². The van der Waals surface area contributed by atoms with Crippen molar-refractivity contribution in [3.8, 4) is 0 Å². The Kier molecular flexibility index (Phi) is 4.90. The number of nitrogens with one attached hydrogen (secondary N) is 3. The van der Waals surface area contributed by atoms with Gasteiger partial charge in [0.15, 0.2) is 0 Å². The van der Waals surface area contributed by atoms with Gasteiger partial charge < -0.3 is 15.4 Å². The largest absolute Gasteiger partial charge is 0.394 e. The first kappa shape index (κ1) is 16.2. The zero-order valence-electron chi connectivity index (χ0n) is 13.5. The van der Waals surface area contributed by atoms with Crippen molar-refractivity contribution >= 4 is 16.8 Å². The molecule has 0 unspecified atom stereocenters. The molecule has 0 spiro atoms. The Hall–Kier alpha value is -2.67. The number of aromatic amines is 2. The maximum atomic E-state index is 12.5. The predicted molar refractivity (Wildman–Crippen MR) is 90.7 cm³/mol. The van der Waals surface area contributed by atoms with E-state index in [-0.39, 0.29) is 18.6 Å². The van der Waals surface area contributed by atoms with Crippen molar-refractivity contribution in [2.45, 2.75) is 32.2 Å². The Bertz CT molecular complexity index is 810. The van der Waals surface area contributed by atoms with Crippen molar-refractivity contribution in [1.29, 1.82) is 0 Å². The highest BCUT2D eigenvalue weighted by Gasteiger charge is 2.15. The SMILES string of the molecule is CCCc1[nH]nc2ccc(C(=O)N[C@H](CO)Cc3cnc[nH]3)cc12. The molecule has 0 saturated carbocycles. The van der Waals surface area contributed by atoms with E-state index in [0.717, 1.165) is 35.1 Å². The lowest BCUT2D eigenvalue weighted by Gasteiger charge is -2.15. The Morgan fingerprint density at radius 1 is 1.42 bits per heavy atom. The molecule has 0 aliphatic rings. The number of hydrogen-bond donors (Lipinski definition) is 4. The van der Waals surface area contributed by atoms with Crippen LogP contribution in [0.25, 0.3) is 10.9 Å². The number of nitrogens with zero attached hydrogens (tertiary/aromatic N) is 2. The van der Waals surface area contributed by atoms with Crippen LogP contribution in [0.4, 0.5) is 0 Å². The molecule has 1 atom stereocenters. The van der Waals surface area contributed by atoms with Crippen LogP contribution in [0.3, 0.4) is 0 Å². The zero-order valence-corrected chi connectivity index (χ0v) is 13.5. The van der Waals surface area contributed by atoms with Gasteiger partial charge in [-0.1, -0.05) is 13.3 Å². The normalized spacial score (nSPS) is 12.4. The minimum absolute atomic E-state index is 0.139. The van der Waals surface area contributed by atoms with Crippen LogP contribution in [0, 0.1) is 0 Å². The number of aryl methyl sites for hydroxylation is 1. The predicted octanol–water partition coefficient (Wildman–Crippen LogP) is 1.57. The van der Waals surface area contributed by atoms with E-state index < -0.39 is 0 Å². The average Bonchev–Trinajstić information content (AvgIpc) is 3.24. The molecule has 1 aromatic carbocycles. The van der Waals surface area contributed by atoms with Gasteiger partial charge in [-0.05, 0) is 24.6 Å². The van der Waals surface area contributed by atoms with Crippen LogP contribution in [0.5, 0.6) is 0 Å². The van der Waals surface area contributed by atoms with Gasteiger partial charge in [-0.3, -0.25) is 9.89 Å². The molecule has 2 aromatic heterocycles. The minimum Gasteiger partial charge on any atom is -0.394 e. The number of hydrogen-bond acceptors (Lipinski definition) is 4. The van der Waals surface area contributed by atoms with Gasteiger partial charge in [0.2, 0.25) is 0 Å². The number of fused-ring (bicyclic) bond motifs is 1. The van der Waals surface area contributed by atoms with Crippen LogP contribution in [0.2, 0.25) is 0 Å². The molecule has 0 aliphatic carbocycles. The summed E-state index contributed by atoms with van der Waals surface area (Å²) in [6, 6.07) is 5.07. The highest BCUT2D eigenvalue weighted by molar-refractivity contribution is 5.98. The van der Waals surface area contributed by atoms with E-state index in [4.69, 9.17) is 0 Å². The summed E-state index contributed by atoms with van der Waals surface area (Å²) in [7, 11) is 0. The van der Waals surface area contributed by atoms with Gasteiger partial charge in [0.05, 0.1) is 24.5 Å². The van der Waals surface area contributed by atoms with E-state index >= 15 is 0 Å². The Morgan fingerprint density at radius 2 is 2.29 bits per heavy atom. The highest BCUT2D eigenvalue weighted by Crippen LogP contribution is 2.19. The summed E-state index contributed by atoms with van der Waals surface area (Å²) in [5.41, 5.74) is 3.32. The fourth-order valence-electron chi connectivity index (χ4n) is 2.74. The Labute approximate surface area is 139 Å². The molecule has 7 heteroatoms. The van der Waals surface area contributed by atoms with E-state index in [9.17, 15) is 9.90 Å². The molecule has 0 bridgehead atoms. The van der Waals surface area contributed by atoms with Crippen LogP contribution in [-0.2, 0) is 12.8 Å². The third-order valence-electron chi connectivity index (χ3n) is 3.97.